The van der Waals surface area contributed by atoms with Crippen LogP contribution in [0.4, 0.5) is 0 Å². The highest BCUT2D eigenvalue weighted by Crippen LogP contribution is 2.35. The lowest BCUT2D eigenvalue weighted by Crippen LogP contribution is -1.94. The average Bonchev–Trinajstić information content (AvgIpc) is 2.64. The molecule has 0 amide bonds. The van der Waals surface area contributed by atoms with Crippen molar-refractivity contribution in [2.45, 2.75) is 6.92 Å². The van der Waals surface area contributed by atoms with E-state index in [1.54, 1.807) is 18.3 Å². The third kappa shape index (κ3) is 1.96. The summed E-state index contributed by atoms with van der Waals surface area (Å²) in [4.78, 5) is 12.4. The number of carbonyl (C=O) groups excluding carboxylic acids is 1. The van der Waals surface area contributed by atoms with E-state index >= 15 is 0 Å². The molecule has 1 nitrogen and oxygen atoms in total. The number of ketones is 1. The van der Waals surface area contributed by atoms with E-state index in [2.05, 4.69) is 0 Å². The first-order valence-electron chi connectivity index (χ1n) is 4.53. The number of rotatable bonds is 2. The Morgan fingerprint density at radius 1 is 1.27 bits per heavy atom. The maximum atomic E-state index is 11.4. The molecule has 2 rings (SSSR count). The minimum Gasteiger partial charge on any atom is -0.294 e. The van der Waals surface area contributed by atoms with Gasteiger partial charge in [0.15, 0.2) is 5.78 Å². The van der Waals surface area contributed by atoms with E-state index in [4.69, 9.17) is 11.6 Å². The largest absolute Gasteiger partial charge is 0.294 e. The molecule has 76 valence electrons. The molecule has 1 aromatic carbocycles. The SMILES string of the molecule is CC(=O)c1ccccc1-c1sccc1Cl. The summed E-state index contributed by atoms with van der Waals surface area (Å²) in [5.74, 6) is 0.0649. The van der Waals surface area contributed by atoms with Gasteiger partial charge in [0.2, 0.25) is 0 Å². The molecule has 0 spiro atoms. The molecule has 0 atom stereocenters. The van der Waals surface area contributed by atoms with Crippen LogP contribution in [-0.4, -0.2) is 5.78 Å². The summed E-state index contributed by atoms with van der Waals surface area (Å²) in [6.45, 7) is 1.57. The summed E-state index contributed by atoms with van der Waals surface area (Å²) >= 11 is 7.60. The lowest BCUT2D eigenvalue weighted by Gasteiger charge is -2.04. The van der Waals surface area contributed by atoms with Gasteiger partial charge in [0.05, 0.1) is 9.90 Å². The van der Waals surface area contributed by atoms with Crippen molar-refractivity contribution in [2.24, 2.45) is 0 Å². The van der Waals surface area contributed by atoms with Crippen molar-refractivity contribution < 1.29 is 4.79 Å². The van der Waals surface area contributed by atoms with Crippen LogP contribution in [0, 0.1) is 0 Å². The first-order valence-corrected chi connectivity index (χ1v) is 5.79. The van der Waals surface area contributed by atoms with Gasteiger partial charge >= 0.3 is 0 Å². The molecule has 3 heteroatoms. The highest BCUT2D eigenvalue weighted by molar-refractivity contribution is 7.14. The number of hydrogen-bond acceptors (Lipinski definition) is 2. The minimum absolute atomic E-state index is 0.0649. The van der Waals surface area contributed by atoms with Crippen molar-refractivity contribution in [1.29, 1.82) is 0 Å². The van der Waals surface area contributed by atoms with Crippen LogP contribution in [0.25, 0.3) is 10.4 Å². The van der Waals surface area contributed by atoms with Gasteiger partial charge in [0.25, 0.3) is 0 Å². The van der Waals surface area contributed by atoms with Gasteiger partial charge in [-0.3, -0.25) is 4.79 Å². The maximum Gasteiger partial charge on any atom is 0.160 e. The van der Waals surface area contributed by atoms with Crippen LogP contribution in [0.5, 0.6) is 0 Å². The number of carbonyl (C=O) groups is 1. The summed E-state index contributed by atoms with van der Waals surface area (Å²) in [5.41, 5.74) is 1.65. The highest BCUT2D eigenvalue weighted by Gasteiger charge is 2.11. The number of hydrogen-bond donors (Lipinski definition) is 0. The second-order valence-corrected chi connectivity index (χ2v) is 4.52. The third-order valence-corrected chi connectivity index (χ3v) is 3.54. The topological polar surface area (TPSA) is 17.1 Å². The molecule has 0 saturated carbocycles. The maximum absolute atomic E-state index is 11.4. The number of benzene rings is 1. The molecule has 0 radical (unpaired) electrons. The lowest BCUT2D eigenvalue weighted by molar-refractivity contribution is 0.101. The van der Waals surface area contributed by atoms with Gasteiger partial charge in [0.1, 0.15) is 0 Å². The average molecular weight is 237 g/mol. The summed E-state index contributed by atoms with van der Waals surface area (Å²) in [6.07, 6.45) is 0. The Hall–Kier alpha value is -1.12. The molecule has 0 aliphatic rings. The van der Waals surface area contributed by atoms with Gasteiger partial charge in [0, 0.05) is 11.1 Å². The Morgan fingerprint density at radius 3 is 2.60 bits per heavy atom. The second kappa shape index (κ2) is 4.17. The monoisotopic (exact) mass is 236 g/mol. The fourth-order valence-corrected chi connectivity index (χ4v) is 2.67. The fraction of sp³-hybridized carbons (Fsp3) is 0.0833. The van der Waals surface area contributed by atoms with Crippen molar-refractivity contribution in [3.8, 4) is 10.4 Å². The van der Waals surface area contributed by atoms with Crippen LogP contribution >= 0.6 is 22.9 Å². The Kier molecular flexibility index (Phi) is 2.89. The van der Waals surface area contributed by atoms with E-state index in [9.17, 15) is 4.79 Å². The molecule has 2 aromatic rings. The van der Waals surface area contributed by atoms with E-state index in [1.807, 2.05) is 35.7 Å². The molecule has 0 aliphatic carbocycles. The van der Waals surface area contributed by atoms with Gasteiger partial charge in [-0.05, 0) is 18.4 Å². The summed E-state index contributed by atoms with van der Waals surface area (Å²) in [7, 11) is 0. The quantitative estimate of drug-likeness (QED) is 0.712. The van der Waals surface area contributed by atoms with Gasteiger partial charge in [-0.25, -0.2) is 0 Å². The molecule has 1 heterocycles. The minimum atomic E-state index is 0.0649. The standard InChI is InChI=1S/C12H9ClOS/c1-8(14)9-4-2-3-5-10(9)12-11(13)6-7-15-12/h2-7H,1H3. The van der Waals surface area contributed by atoms with E-state index in [-0.39, 0.29) is 5.78 Å². The zero-order chi connectivity index (χ0) is 10.8. The van der Waals surface area contributed by atoms with E-state index in [0.717, 1.165) is 16.0 Å². The molecule has 0 aliphatic heterocycles. The summed E-state index contributed by atoms with van der Waals surface area (Å²) in [5, 5.41) is 2.63. The lowest BCUT2D eigenvalue weighted by atomic mass is 10.0. The first-order chi connectivity index (χ1) is 7.20. The van der Waals surface area contributed by atoms with Crippen LogP contribution < -0.4 is 0 Å². The molecule has 0 fully saturated rings. The zero-order valence-corrected chi connectivity index (χ0v) is 9.73. The summed E-state index contributed by atoms with van der Waals surface area (Å²) in [6, 6.07) is 9.38. The van der Waals surface area contributed by atoms with Crippen LogP contribution in [0.3, 0.4) is 0 Å². The normalized spacial score (nSPS) is 10.3. The Balaban J connectivity index is 2.63. The van der Waals surface area contributed by atoms with Crippen LogP contribution in [0.1, 0.15) is 17.3 Å². The molecule has 15 heavy (non-hydrogen) atoms. The predicted molar refractivity (Wildman–Crippen MR) is 64.8 cm³/mol. The van der Waals surface area contributed by atoms with Gasteiger partial charge in [-0.15, -0.1) is 11.3 Å². The van der Waals surface area contributed by atoms with Crippen molar-refractivity contribution in [2.75, 3.05) is 0 Å². The van der Waals surface area contributed by atoms with Crippen molar-refractivity contribution in [3.05, 3.63) is 46.3 Å². The third-order valence-electron chi connectivity index (χ3n) is 2.17. The molecular formula is C12H9ClOS. The number of Topliss-reactive ketones (excluding diaryl/α,β-unsaturated/α-hetero) is 1. The van der Waals surface area contributed by atoms with E-state index in [1.165, 1.54) is 0 Å². The molecule has 1 aromatic heterocycles. The Morgan fingerprint density at radius 2 is 2.00 bits per heavy atom. The van der Waals surface area contributed by atoms with Crippen molar-refractivity contribution >= 4 is 28.7 Å². The van der Waals surface area contributed by atoms with Crippen LogP contribution in [0.15, 0.2) is 35.7 Å². The van der Waals surface area contributed by atoms with Gasteiger partial charge < -0.3 is 0 Å². The molecule has 0 bridgehead atoms. The van der Waals surface area contributed by atoms with E-state index < -0.39 is 0 Å². The molecule has 0 N–H and O–H groups in total. The van der Waals surface area contributed by atoms with Crippen LogP contribution in [-0.2, 0) is 0 Å². The zero-order valence-electron chi connectivity index (χ0n) is 8.16. The second-order valence-electron chi connectivity index (χ2n) is 3.20. The Bertz CT molecular complexity index is 502. The van der Waals surface area contributed by atoms with Gasteiger partial charge in [-0.2, -0.15) is 0 Å². The first kappa shape index (κ1) is 10.4. The fourth-order valence-electron chi connectivity index (χ4n) is 1.47. The molecule has 0 saturated heterocycles. The van der Waals surface area contributed by atoms with Crippen LogP contribution in [0.2, 0.25) is 5.02 Å². The van der Waals surface area contributed by atoms with Crippen molar-refractivity contribution in [3.63, 3.8) is 0 Å². The highest BCUT2D eigenvalue weighted by atomic mass is 35.5. The van der Waals surface area contributed by atoms with Crippen molar-refractivity contribution in [1.82, 2.24) is 0 Å². The number of thiophene rings is 1. The smallest absolute Gasteiger partial charge is 0.160 e. The van der Waals surface area contributed by atoms with E-state index in [0.29, 0.717) is 5.02 Å². The summed E-state index contributed by atoms with van der Waals surface area (Å²) < 4.78 is 0. The predicted octanol–water partition coefficient (Wildman–Crippen LogP) is 4.27. The molecule has 0 unspecified atom stereocenters. The Labute approximate surface area is 97.3 Å². The van der Waals surface area contributed by atoms with Gasteiger partial charge in [-0.1, -0.05) is 35.9 Å². The molecular weight excluding hydrogens is 228 g/mol. The number of halogens is 1.